The van der Waals surface area contributed by atoms with Crippen molar-refractivity contribution in [1.82, 2.24) is 4.73 Å². The number of para-hydroxylation sites is 1. The van der Waals surface area contributed by atoms with E-state index in [4.69, 9.17) is 16.4 Å². The summed E-state index contributed by atoms with van der Waals surface area (Å²) in [5.74, 6) is -0.703. The van der Waals surface area contributed by atoms with Gasteiger partial charge in [-0.25, -0.2) is 4.79 Å². The highest BCUT2D eigenvalue weighted by Crippen LogP contribution is 2.23. The maximum atomic E-state index is 11.6. The van der Waals surface area contributed by atoms with E-state index in [-0.39, 0.29) is 5.88 Å². The van der Waals surface area contributed by atoms with Gasteiger partial charge in [0, 0.05) is 11.5 Å². The van der Waals surface area contributed by atoms with Crippen molar-refractivity contribution in [3.63, 3.8) is 0 Å². The Kier molecular flexibility index (Phi) is 3.24. The molecule has 0 bridgehead atoms. The first kappa shape index (κ1) is 11.8. The van der Waals surface area contributed by atoms with Gasteiger partial charge < -0.3 is 9.94 Å². The summed E-state index contributed by atoms with van der Waals surface area (Å²) in [7, 11) is 0. The molecule has 1 unspecified atom stereocenters. The summed E-state index contributed by atoms with van der Waals surface area (Å²) in [6.07, 6.45) is 0.473. The van der Waals surface area contributed by atoms with Crippen molar-refractivity contribution in [3.05, 3.63) is 30.3 Å². The van der Waals surface area contributed by atoms with E-state index in [2.05, 4.69) is 0 Å². The highest BCUT2D eigenvalue weighted by molar-refractivity contribution is 6.29. The van der Waals surface area contributed by atoms with E-state index in [1.54, 1.807) is 19.1 Å². The van der Waals surface area contributed by atoms with Crippen LogP contribution in [0.15, 0.2) is 30.3 Å². The first-order valence-electron chi connectivity index (χ1n) is 5.29. The molecule has 0 fully saturated rings. The predicted molar refractivity (Wildman–Crippen MR) is 65.1 cm³/mol. The Morgan fingerprint density at radius 1 is 1.53 bits per heavy atom. The molecule has 1 N–H and O–H groups in total. The lowest BCUT2D eigenvalue weighted by atomic mass is 10.3. The molecule has 5 heteroatoms. The molecule has 2 rings (SSSR count). The van der Waals surface area contributed by atoms with Gasteiger partial charge in [0.05, 0.1) is 5.52 Å². The number of nitrogens with zero attached hydrogens (tertiary/aromatic N) is 1. The molecule has 4 nitrogen and oxygen atoms in total. The fraction of sp³-hybridized carbons (Fsp3) is 0.250. The standard InChI is InChI=1S/C12H12ClNO3/c1-2-9(13)12(16)17-14-10-6-4-3-5-8(10)7-11(14)15/h3-7,9,15H,2H2,1H3. The second-order valence-electron chi connectivity index (χ2n) is 3.64. The molecule has 2 aromatic rings. The van der Waals surface area contributed by atoms with Crippen LogP contribution in [0.3, 0.4) is 0 Å². The van der Waals surface area contributed by atoms with Crippen LogP contribution in [-0.2, 0) is 4.79 Å². The minimum absolute atomic E-state index is 0.125. The van der Waals surface area contributed by atoms with Crippen molar-refractivity contribution in [3.8, 4) is 5.88 Å². The Morgan fingerprint density at radius 2 is 2.24 bits per heavy atom. The molecule has 1 aromatic carbocycles. The third-order valence-corrected chi connectivity index (χ3v) is 2.93. The summed E-state index contributed by atoms with van der Waals surface area (Å²) in [5, 5.41) is 9.76. The molecular weight excluding hydrogens is 242 g/mol. The third-order valence-electron chi connectivity index (χ3n) is 2.44. The van der Waals surface area contributed by atoms with E-state index < -0.39 is 11.3 Å². The smallest absolute Gasteiger partial charge is 0.350 e. The van der Waals surface area contributed by atoms with E-state index in [1.807, 2.05) is 12.1 Å². The fourth-order valence-electron chi connectivity index (χ4n) is 1.53. The largest absolute Gasteiger partial charge is 0.492 e. The zero-order valence-corrected chi connectivity index (χ0v) is 10.0. The van der Waals surface area contributed by atoms with Gasteiger partial charge in [-0.05, 0) is 12.5 Å². The van der Waals surface area contributed by atoms with Crippen molar-refractivity contribution in [1.29, 1.82) is 0 Å². The highest BCUT2D eigenvalue weighted by Gasteiger charge is 2.18. The minimum atomic E-state index is -0.712. The highest BCUT2D eigenvalue weighted by atomic mass is 35.5. The van der Waals surface area contributed by atoms with Gasteiger partial charge in [0.1, 0.15) is 5.38 Å². The molecule has 90 valence electrons. The Balaban J connectivity index is 2.35. The normalized spacial score (nSPS) is 12.6. The van der Waals surface area contributed by atoms with E-state index in [0.717, 1.165) is 10.1 Å². The van der Waals surface area contributed by atoms with Crippen molar-refractivity contribution in [2.24, 2.45) is 0 Å². The van der Waals surface area contributed by atoms with Crippen LogP contribution in [0.1, 0.15) is 13.3 Å². The van der Waals surface area contributed by atoms with Gasteiger partial charge in [0.15, 0.2) is 0 Å². The Morgan fingerprint density at radius 3 is 2.94 bits per heavy atom. The van der Waals surface area contributed by atoms with Gasteiger partial charge >= 0.3 is 5.97 Å². The molecule has 1 heterocycles. The van der Waals surface area contributed by atoms with Gasteiger partial charge in [-0.15, -0.1) is 16.3 Å². The van der Waals surface area contributed by atoms with Crippen LogP contribution < -0.4 is 4.84 Å². The second-order valence-corrected chi connectivity index (χ2v) is 4.17. The third kappa shape index (κ3) is 2.22. The minimum Gasteiger partial charge on any atom is -0.492 e. The number of alkyl halides is 1. The summed E-state index contributed by atoms with van der Waals surface area (Å²) in [6, 6.07) is 8.72. The summed E-state index contributed by atoms with van der Waals surface area (Å²) in [5.41, 5.74) is 0.623. The average Bonchev–Trinajstić information content (AvgIpc) is 2.65. The SMILES string of the molecule is CCC(Cl)C(=O)On1c(O)cc2ccccc21. The maximum Gasteiger partial charge on any atom is 0.350 e. The number of fused-ring (bicyclic) bond motifs is 1. The van der Waals surface area contributed by atoms with Crippen LogP contribution in [0.2, 0.25) is 0 Å². The van der Waals surface area contributed by atoms with Gasteiger partial charge in [0.25, 0.3) is 0 Å². The summed E-state index contributed by atoms with van der Waals surface area (Å²) in [6.45, 7) is 1.78. The van der Waals surface area contributed by atoms with Gasteiger partial charge in [-0.1, -0.05) is 25.1 Å². The monoisotopic (exact) mass is 253 g/mol. The number of hydrogen-bond acceptors (Lipinski definition) is 3. The summed E-state index contributed by atoms with van der Waals surface area (Å²) < 4.78 is 1.09. The van der Waals surface area contributed by atoms with Crippen LogP contribution in [0.4, 0.5) is 0 Å². The van der Waals surface area contributed by atoms with Crippen molar-refractivity contribution >= 4 is 28.5 Å². The Hall–Kier alpha value is -1.68. The van der Waals surface area contributed by atoms with Gasteiger partial charge in [-0.2, -0.15) is 0 Å². The molecule has 0 saturated carbocycles. The first-order chi connectivity index (χ1) is 8.13. The van der Waals surface area contributed by atoms with Gasteiger partial charge in [0.2, 0.25) is 5.88 Å². The number of aromatic hydroxyl groups is 1. The molecule has 0 aliphatic heterocycles. The molecule has 0 aliphatic carbocycles. The molecule has 0 aliphatic rings. The number of carbonyl (C=O) groups is 1. The quantitative estimate of drug-likeness (QED) is 0.854. The molecule has 1 atom stereocenters. The Bertz CT molecular complexity index is 550. The fourth-order valence-corrected chi connectivity index (χ4v) is 1.57. The molecule has 17 heavy (non-hydrogen) atoms. The zero-order chi connectivity index (χ0) is 12.4. The number of halogens is 1. The lowest BCUT2D eigenvalue weighted by Crippen LogP contribution is -2.26. The lowest BCUT2D eigenvalue weighted by molar-refractivity contribution is -0.143. The van der Waals surface area contributed by atoms with Crippen LogP contribution in [-0.4, -0.2) is 21.2 Å². The van der Waals surface area contributed by atoms with E-state index in [1.165, 1.54) is 6.07 Å². The van der Waals surface area contributed by atoms with E-state index in [0.29, 0.717) is 11.9 Å². The van der Waals surface area contributed by atoms with Crippen LogP contribution in [0, 0.1) is 0 Å². The predicted octanol–water partition coefficient (Wildman–Crippen LogP) is 2.32. The number of hydrogen-bond donors (Lipinski definition) is 1. The van der Waals surface area contributed by atoms with Gasteiger partial charge in [-0.3, -0.25) is 0 Å². The summed E-state index contributed by atoms with van der Waals surface area (Å²) >= 11 is 5.77. The number of carbonyl (C=O) groups excluding carboxylic acids is 1. The van der Waals surface area contributed by atoms with Crippen LogP contribution >= 0.6 is 11.6 Å². The topological polar surface area (TPSA) is 51.5 Å². The number of aromatic nitrogens is 1. The molecular formula is C12H12ClNO3. The lowest BCUT2D eigenvalue weighted by Gasteiger charge is -2.09. The van der Waals surface area contributed by atoms with Crippen LogP contribution in [0.5, 0.6) is 5.88 Å². The molecule has 0 spiro atoms. The first-order valence-corrected chi connectivity index (χ1v) is 5.73. The van der Waals surface area contributed by atoms with E-state index in [9.17, 15) is 9.90 Å². The maximum absolute atomic E-state index is 11.6. The number of benzene rings is 1. The summed E-state index contributed by atoms with van der Waals surface area (Å²) in [4.78, 5) is 16.6. The van der Waals surface area contributed by atoms with Crippen LogP contribution in [0.25, 0.3) is 10.9 Å². The molecule has 0 amide bonds. The average molecular weight is 254 g/mol. The number of rotatable bonds is 3. The van der Waals surface area contributed by atoms with E-state index >= 15 is 0 Å². The molecule has 0 radical (unpaired) electrons. The van der Waals surface area contributed by atoms with Crippen molar-refractivity contribution in [2.75, 3.05) is 0 Å². The zero-order valence-electron chi connectivity index (χ0n) is 9.26. The van der Waals surface area contributed by atoms with Crippen molar-refractivity contribution < 1.29 is 14.7 Å². The second kappa shape index (κ2) is 4.67. The molecule has 0 saturated heterocycles. The Labute approximate surface area is 103 Å². The van der Waals surface area contributed by atoms with Crippen molar-refractivity contribution in [2.45, 2.75) is 18.7 Å². The molecule has 1 aromatic heterocycles.